The highest BCUT2D eigenvalue weighted by Gasteiger charge is 1.94. The number of carbonyl (C=O) groups is 1. The smallest absolute Gasteiger partial charge is 0.194 e. The predicted molar refractivity (Wildman–Crippen MR) is 65.2 cm³/mol. The number of rotatable bonds is 1. The summed E-state index contributed by atoms with van der Waals surface area (Å²) in [7, 11) is 0.889. The zero-order chi connectivity index (χ0) is 14.1. The number of hydrogen-bond acceptors (Lipinski definition) is 5. The quantitative estimate of drug-likeness (QED) is 0.522. The lowest BCUT2D eigenvalue weighted by Gasteiger charge is -1.76. The molecule has 0 saturated carbocycles. The van der Waals surface area contributed by atoms with E-state index in [1.54, 1.807) is 13.0 Å². The molecule has 100 valence electrons. The van der Waals surface area contributed by atoms with E-state index in [4.69, 9.17) is 20.1 Å². The summed E-state index contributed by atoms with van der Waals surface area (Å²) in [6, 6.07) is 1.75. The van der Waals surface area contributed by atoms with Crippen LogP contribution < -0.4 is 0 Å². The molecule has 17 heavy (non-hydrogen) atoms. The summed E-state index contributed by atoms with van der Waals surface area (Å²) in [5, 5.41) is 16.1. The Balaban J connectivity index is -0.000000157. The van der Waals surface area contributed by atoms with Gasteiger partial charge in [0.1, 0.15) is 5.78 Å². The van der Waals surface area contributed by atoms with Gasteiger partial charge in [-0.2, -0.15) is 5.26 Å². The lowest BCUT2D eigenvalue weighted by Crippen LogP contribution is -1.80. The summed E-state index contributed by atoms with van der Waals surface area (Å²) < 4.78 is 4.94. The van der Waals surface area contributed by atoms with E-state index < -0.39 is 4.92 Å². The molecule has 0 spiro atoms. The van der Waals surface area contributed by atoms with Crippen LogP contribution in [0.25, 0.3) is 0 Å². The molecule has 1 rings (SSSR count). The van der Waals surface area contributed by atoms with Crippen molar-refractivity contribution in [1.29, 1.82) is 5.26 Å². The van der Waals surface area contributed by atoms with Crippen LogP contribution in [0.2, 0.25) is 0 Å². The molecule has 1 aliphatic rings. The number of Topliss-reactive ketones (excluding diaryl/α,β-unsaturated/α-hetero) is 1. The van der Waals surface area contributed by atoms with Crippen molar-refractivity contribution in [3.63, 3.8) is 0 Å². The van der Waals surface area contributed by atoms with E-state index in [9.17, 15) is 4.79 Å². The van der Waals surface area contributed by atoms with Crippen LogP contribution in [0.3, 0.4) is 0 Å². The lowest BCUT2D eigenvalue weighted by atomic mass is 10.4. The third-order valence-corrected chi connectivity index (χ3v) is 1.33. The van der Waals surface area contributed by atoms with Crippen LogP contribution in [-0.4, -0.2) is 31.0 Å². The maximum atomic E-state index is 9.81. The van der Waals surface area contributed by atoms with Gasteiger partial charge in [-0.05, 0) is 19.8 Å². The summed E-state index contributed by atoms with van der Waals surface area (Å²) in [6.07, 6.45) is 3.22. The normalized spacial score (nSPS) is 11.2. The zero-order valence-corrected chi connectivity index (χ0v) is 11.1. The largest absolute Gasteiger partial charge is 0.381 e. The molecule has 1 saturated heterocycles. The van der Waals surface area contributed by atoms with Gasteiger partial charge in [0.15, 0.2) is 7.05 Å². The van der Waals surface area contributed by atoms with Gasteiger partial charge in [-0.25, -0.2) is 0 Å². The Hall–Kier alpha value is -1.48. The zero-order valence-electron chi connectivity index (χ0n) is 11.1. The SMILES string of the molecule is C1CCOC1.CC#N.CCC(C)=O.C[N+](=O)[O-]. The first-order valence-corrected chi connectivity index (χ1v) is 5.38. The summed E-state index contributed by atoms with van der Waals surface area (Å²) >= 11 is 0. The van der Waals surface area contributed by atoms with Gasteiger partial charge in [-0.3, -0.25) is 10.1 Å². The van der Waals surface area contributed by atoms with E-state index in [-0.39, 0.29) is 5.78 Å². The lowest BCUT2D eigenvalue weighted by molar-refractivity contribution is -0.445. The highest BCUT2D eigenvalue weighted by Crippen LogP contribution is 1.98. The van der Waals surface area contributed by atoms with Crippen molar-refractivity contribution in [1.82, 2.24) is 0 Å². The average Bonchev–Trinajstić information content (AvgIpc) is 2.75. The van der Waals surface area contributed by atoms with Gasteiger partial charge < -0.3 is 9.53 Å². The Labute approximate surface area is 103 Å². The van der Waals surface area contributed by atoms with E-state index in [0.29, 0.717) is 6.42 Å². The fourth-order valence-corrected chi connectivity index (χ4v) is 0.510. The molecule has 0 N–H and O–H groups in total. The molecule has 0 aromatic carbocycles. The van der Waals surface area contributed by atoms with Gasteiger partial charge in [0.05, 0.1) is 6.07 Å². The van der Waals surface area contributed by atoms with Crippen molar-refractivity contribution in [2.24, 2.45) is 0 Å². The van der Waals surface area contributed by atoms with Crippen LogP contribution in [0.5, 0.6) is 0 Å². The second kappa shape index (κ2) is 20.0. The summed E-state index contributed by atoms with van der Waals surface area (Å²) in [6.45, 7) is 6.86. The molecule has 1 heterocycles. The molecule has 0 unspecified atom stereocenters. The van der Waals surface area contributed by atoms with Crippen molar-refractivity contribution >= 4 is 5.78 Å². The number of ether oxygens (including phenoxy) is 1. The Morgan fingerprint density at radius 1 is 1.47 bits per heavy atom. The first-order valence-electron chi connectivity index (χ1n) is 5.38. The molecule has 0 bridgehead atoms. The highest BCUT2D eigenvalue weighted by molar-refractivity contribution is 5.74. The van der Waals surface area contributed by atoms with Gasteiger partial charge in [-0.15, -0.1) is 0 Å². The maximum absolute atomic E-state index is 9.81. The van der Waals surface area contributed by atoms with Crippen LogP contribution in [-0.2, 0) is 9.53 Å². The van der Waals surface area contributed by atoms with Gasteiger partial charge in [0.25, 0.3) is 0 Å². The van der Waals surface area contributed by atoms with E-state index in [0.717, 1.165) is 20.3 Å². The molecule has 1 aliphatic heterocycles. The first kappa shape index (κ1) is 20.9. The van der Waals surface area contributed by atoms with E-state index in [1.807, 2.05) is 6.92 Å². The number of ketones is 1. The number of nitro groups is 1. The number of nitrogens with zero attached hydrogens (tertiary/aromatic N) is 2. The summed E-state index contributed by atoms with van der Waals surface area (Å²) in [4.78, 5) is 18.1. The van der Waals surface area contributed by atoms with Crippen LogP contribution in [0.1, 0.15) is 40.0 Å². The van der Waals surface area contributed by atoms with Crippen molar-refractivity contribution in [2.75, 3.05) is 20.3 Å². The van der Waals surface area contributed by atoms with Crippen molar-refractivity contribution in [3.05, 3.63) is 10.1 Å². The second-order valence-corrected chi connectivity index (χ2v) is 3.04. The fraction of sp³-hybridized carbons (Fsp3) is 0.818. The van der Waals surface area contributed by atoms with Crippen LogP contribution in [0, 0.1) is 21.4 Å². The van der Waals surface area contributed by atoms with E-state index in [1.165, 1.54) is 19.8 Å². The molecule has 0 aliphatic carbocycles. The van der Waals surface area contributed by atoms with Gasteiger partial charge in [0, 0.05) is 31.5 Å². The second-order valence-electron chi connectivity index (χ2n) is 3.04. The Kier molecular flexibility index (Phi) is 24.6. The molecule has 0 radical (unpaired) electrons. The van der Waals surface area contributed by atoms with Gasteiger partial charge in [0.2, 0.25) is 0 Å². The van der Waals surface area contributed by atoms with Crippen LogP contribution in [0.15, 0.2) is 0 Å². The van der Waals surface area contributed by atoms with Crippen molar-refractivity contribution < 1.29 is 14.5 Å². The molecule has 0 aromatic rings. The standard InChI is InChI=1S/2C4H8O.C2H3N.CH3NO2/c1-2-4-5-3-1;1-3-4(2)5;1-2-3;1-2(3)4/h1-4H2;3H2,1-2H3;1H3;1H3. The molecule has 6 nitrogen and oxygen atoms in total. The minimum atomic E-state index is -0.500. The molecule has 0 aromatic heterocycles. The van der Waals surface area contributed by atoms with Crippen molar-refractivity contribution in [2.45, 2.75) is 40.0 Å². The molecule has 6 heteroatoms. The average molecular weight is 246 g/mol. The number of nitriles is 1. The van der Waals surface area contributed by atoms with E-state index >= 15 is 0 Å². The van der Waals surface area contributed by atoms with Gasteiger partial charge in [-0.1, -0.05) is 6.92 Å². The summed E-state index contributed by atoms with van der Waals surface area (Å²) in [5.41, 5.74) is 0. The van der Waals surface area contributed by atoms with Gasteiger partial charge >= 0.3 is 0 Å². The Bertz CT molecular complexity index is 208. The molecule has 0 atom stereocenters. The molecular weight excluding hydrogens is 224 g/mol. The number of carbonyl (C=O) groups excluding carboxylic acids is 1. The molecule has 1 fully saturated rings. The Morgan fingerprint density at radius 3 is 1.76 bits per heavy atom. The van der Waals surface area contributed by atoms with Crippen LogP contribution in [0.4, 0.5) is 0 Å². The third kappa shape index (κ3) is 74.7. The molecule has 0 amide bonds. The fourth-order valence-electron chi connectivity index (χ4n) is 0.510. The number of hydrogen-bond donors (Lipinski definition) is 0. The highest BCUT2D eigenvalue weighted by atomic mass is 16.6. The minimum absolute atomic E-state index is 0.255. The monoisotopic (exact) mass is 246 g/mol. The predicted octanol–water partition coefficient (Wildman–Crippen LogP) is 2.20. The van der Waals surface area contributed by atoms with Crippen LogP contribution >= 0.6 is 0 Å². The molecular formula is C11H22N2O4. The topological polar surface area (TPSA) is 93.2 Å². The van der Waals surface area contributed by atoms with Crippen molar-refractivity contribution in [3.8, 4) is 6.07 Å². The Morgan fingerprint density at radius 2 is 1.71 bits per heavy atom. The first-order chi connectivity index (χ1) is 7.92. The summed E-state index contributed by atoms with van der Waals surface area (Å²) in [5.74, 6) is 0.255. The maximum Gasteiger partial charge on any atom is 0.194 e. The van der Waals surface area contributed by atoms with E-state index in [2.05, 4.69) is 0 Å². The third-order valence-electron chi connectivity index (χ3n) is 1.33. The minimum Gasteiger partial charge on any atom is -0.381 e.